The molecule has 1 unspecified atom stereocenters. The zero-order valence-electron chi connectivity index (χ0n) is 7.35. The Bertz CT molecular complexity index is 354. The summed E-state index contributed by atoms with van der Waals surface area (Å²) in [6.07, 6.45) is -0.635. The van der Waals surface area contributed by atoms with E-state index in [1.807, 2.05) is 0 Å². The Labute approximate surface area is 84.3 Å². The van der Waals surface area contributed by atoms with E-state index in [4.69, 9.17) is 24.7 Å². The van der Waals surface area contributed by atoms with Crippen molar-refractivity contribution in [3.8, 4) is 0 Å². The molecule has 0 heterocycles. The van der Waals surface area contributed by atoms with Gasteiger partial charge in [0.05, 0.1) is 5.92 Å². The van der Waals surface area contributed by atoms with E-state index in [2.05, 4.69) is 0 Å². The highest BCUT2D eigenvalue weighted by molar-refractivity contribution is 7.72. The second-order valence-electron chi connectivity index (χ2n) is 3.40. The van der Waals surface area contributed by atoms with Gasteiger partial charge in [-0.25, -0.2) is 0 Å². The SMILES string of the molecule is O=C(O)C1CCC1(P(=O)(O)O)P(=O)(O)O. The molecule has 0 aromatic rings. The maximum Gasteiger partial charge on any atom is 0.344 e. The zero-order chi connectivity index (χ0) is 12.1. The van der Waals surface area contributed by atoms with Crippen LogP contribution in [0, 0.1) is 5.92 Å². The molecule has 5 N–H and O–H groups in total. The second-order valence-corrected chi connectivity index (χ2v) is 7.52. The first-order valence-electron chi connectivity index (χ1n) is 3.88. The van der Waals surface area contributed by atoms with Crippen LogP contribution in [0.3, 0.4) is 0 Å². The van der Waals surface area contributed by atoms with Gasteiger partial charge in [-0.3, -0.25) is 13.9 Å². The highest BCUT2D eigenvalue weighted by Gasteiger charge is 2.71. The molecule has 10 heteroatoms. The van der Waals surface area contributed by atoms with Crippen molar-refractivity contribution in [2.24, 2.45) is 5.92 Å². The van der Waals surface area contributed by atoms with Gasteiger partial charge in [0.15, 0.2) is 4.90 Å². The molecular formula is C5H10O8P2. The summed E-state index contributed by atoms with van der Waals surface area (Å²) in [6, 6.07) is 0. The smallest absolute Gasteiger partial charge is 0.344 e. The Balaban J connectivity index is 3.29. The lowest BCUT2D eigenvalue weighted by molar-refractivity contribution is -0.145. The summed E-state index contributed by atoms with van der Waals surface area (Å²) >= 11 is 0. The van der Waals surface area contributed by atoms with Crippen molar-refractivity contribution < 1.29 is 38.6 Å². The molecule has 0 amide bonds. The first-order valence-corrected chi connectivity index (χ1v) is 7.10. The molecule has 1 fully saturated rings. The molecule has 0 aromatic carbocycles. The first-order chi connectivity index (χ1) is 6.54. The van der Waals surface area contributed by atoms with E-state index in [0.29, 0.717) is 0 Å². The topological polar surface area (TPSA) is 152 Å². The number of hydrogen-bond donors (Lipinski definition) is 5. The van der Waals surface area contributed by atoms with Gasteiger partial charge in [-0.1, -0.05) is 0 Å². The summed E-state index contributed by atoms with van der Waals surface area (Å²) in [5.74, 6) is -3.30. The molecule has 0 aromatic heterocycles. The summed E-state index contributed by atoms with van der Waals surface area (Å²) in [6.45, 7) is 0. The summed E-state index contributed by atoms with van der Waals surface area (Å²) in [5.41, 5.74) is 0. The zero-order valence-corrected chi connectivity index (χ0v) is 9.14. The molecule has 1 rings (SSSR count). The van der Waals surface area contributed by atoms with Crippen LogP contribution >= 0.6 is 15.2 Å². The monoisotopic (exact) mass is 260 g/mol. The van der Waals surface area contributed by atoms with Gasteiger partial charge in [-0.2, -0.15) is 0 Å². The minimum atomic E-state index is -5.18. The van der Waals surface area contributed by atoms with Gasteiger partial charge in [0.2, 0.25) is 0 Å². The molecule has 1 aliphatic carbocycles. The molecule has 1 atom stereocenters. The third-order valence-electron chi connectivity index (χ3n) is 2.67. The average Bonchev–Trinajstić information content (AvgIpc) is 1.73. The highest BCUT2D eigenvalue weighted by atomic mass is 31.2. The van der Waals surface area contributed by atoms with Crippen molar-refractivity contribution in [1.82, 2.24) is 0 Å². The van der Waals surface area contributed by atoms with E-state index < -0.39 is 38.4 Å². The Morgan fingerprint density at radius 2 is 1.53 bits per heavy atom. The lowest BCUT2D eigenvalue weighted by Gasteiger charge is -2.46. The molecule has 0 radical (unpaired) electrons. The average molecular weight is 260 g/mol. The molecule has 0 bridgehead atoms. The fourth-order valence-corrected chi connectivity index (χ4v) is 5.22. The molecule has 88 valence electrons. The van der Waals surface area contributed by atoms with Crippen molar-refractivity contribution in [1.29, 1.82) is 0 Å². The van der Waals surface area contributed by atoms with Crippen LogP contribution in [0.5, 0.6) is 0 Å². The normalized spacial score (nSPS) is 25.7. The van der Waals surface area contributed by atoms with Crippen LogP contribution in [0.2, 0.25) is 0 Å². The maximum absolute atomic E-state index is 11.0. The van der Waals surface area contributed by atoms with Crippen molar-refractivity contribution in [2.45, 2.75) is 17.7 Å². The Kier molecular flexibility index (Phi) is 2.89. The number of carbonyl (C=O) groups is 1. The van der Waals surface area contributed by atoms with Crippen LogP contribution < -0.4 is 0 Å². The van der Waals surface area contributed by atoms with Crippen molar-refractivity contribution in [2.75, 3.05) is 0 Å². The van der Waals surface area contributed by atoms with E-state index in [1.165, 1.54) is 0 Å². The van der Waals surface area contributed by atoms with Crippen LogP contribution in [-0.2, 0) is 13.9 Å². The minimum Gasteiger partial charge on any atom is -0.481 e. The number of rotatable bonds is 3. The predicted octanol–water partition coefficient (Wildman–Crippen LogP) is -0.467. The first kappa shape index (κ1) is 12.8. The Morgan fingerprint density at radius 1 is 1.13 bits per heavy atom. The van der Waals surface area contributed by atoms with Crippen molar-refractivity contribution in [3.63, 3.8) is 0 Å². The van der Waals surface area contributed by atoms with Gasteiger partial charge in [-0.15, -0.1) is 0 Å². The van der Waals surface area contributed by atoms with Crippen LogP contribution in [0.1, 0.15) is 12.8 Å². The highest BCUT2D eigenvalue weighted by Crippen LogP contribution is 2.78. The lowest BCUT2D eigenvalue weighted by atomic mass is 9.84. The quantitative estimate of drug-likeness (QED) is 0.427. The number of aliphatic carboxylic acids is 1. The molecule has 15 heavy (non-hydrogen) atoms. The summed E-state index contributed by atoms with van der Waals surface area (Å²) in [4.78, 5) is 43.5. The third-order valence-corrected chi connectivity index (χ3v) is 7.32. The molecule has 8 nitrogen and oxygen atoms in total. The lowest BCUT2D eigenvalue weighted by Crippen LogP contribution is -2.50. The van der Waals surface area contributed by atoms with Crippen LogP contribution in [0.4, 0.5) is 0 Å². The maximum atomic E-state index is 11.0. The Hall–Kier alpha value is -0.230. The summed E-state index contributed by atoms with van der Waals surface area (Å²) < 4.78 is 22.1. The molecular weight excluding hydrogens is 250 g/mol. The van der Waals surface area contributed by atoms with Crippen LogP contribution in [0.25, 0.3) is 0 Å². The van der Waals surface area contributed by atoms with Gasteiger partial charge in [0, 0.05) is 0 Å². The van der Waals surface area contributed by atoms with E-state index in [9.17, 15) is 13.9 Å². The number of carboxylic acids is 1. The number of hydrogen-bond acceptors (Lipinski definition) is 3. The minimum absolute atomic E-state index is 0.147. The summed E-state index contributed by atoms with van der Waals surface area (Å²) in [7, 11) is -10.4. The fourth-order valence-electron chi connectivity index (χ4n) is 1.74. The van der Waals surface area contributed by atoms with Crippen molar-refractivity contribution in [3.05, 3.63) is 0 Å². The largest absolute Gasteiger partial charge is 0.481 e. The fraction of sp³-hybridized carbons (Fsp3) is 0.800. The van der Waals surface area contributed by atoms with Gasteiger partial charge in [-0.05, 0) is 12.8 Å². The van der Waals surface area contributed by atoms with E-state index >= 15 is 0 Å². The summed E-state index contributed by atoms with van der Waals surface area (Å²) in [5, 5.41) is 8.61. The van der Waals surface area contributed by atoms with Crippen molar-refractivity contribution >= 4 is 21.2 Å². The standard InChI is InChI=1S/C5H10O8P2/c6-4(7)3-1-2-5(3,14(8,9)10)15(11,12)13/h3H,1-2H2,(H,6,7)(H2,8,9,10)(H2,11,12,13). The van der Waals surface area contributed by atoms with E-state index in [-0.39, 0.29) is 6.42 Å². The predicted molar refractivity (Wildman–Crippen MR) is 47.2 cm³/mol. The van der Waals surface area contributed by atoms with Gasteiger partial charge in [0.25, 0.3) is 0 Å². The van der Waals surface area contributed by atoms with Gasteiger partial charge in [0.1, 0.15) is 0 Å². The molecule has 0 saturated heterocycles. The molecule has 0 aliphatic heterocycles. The molecule has 1 saturated carbocycles. The van der Waals surface area contributed by atoms with E-state index in [0.717, 1.165) is 0 Å². The second kappa shape index (κ2) is 3.38. The third kappa shape index (κ3) is 1.67. The van der Waals surface area contributed by atoms with Gasteiger partial charge >= 0.3 is 21.2 Å². The van der Waals surface area contributed by atoms with Gasteiger partial charge < -0.3 is 24.7 Å². The van der Waals surface area contributed by atoms with Crippen LogP contribution in [0.15, 0.2) is 0 Å². The van der Waals surface area contributed by atoms with Crippen LogP contribution in [-0.4, -0.2) is 35.5 Å². The van der Waals surface area contributed by atoms with E-state index in [1.54, 1.807) is 0 Å². The molecule has 1 aliphatic rings. The molecule has 0 spiro atoms. The number of carboxylic acid groups (broad SMARTS) is 1. The Morgan fingerprint density at radius 3 is 1.60 bits per heavy atom.